The van der Waals surface area contributed by atoms with E-state index in [2.05, 4.69) is 61.3 Å². The smallest absolute Gasteiger partial charge is 0.0238 e. The third-order valence-corrected chi connectivity index (χ3v) is 4.90. The topological polar surface area (TPSA) is 15.3 Å². The minimum absolute atomic E-state index is 0.341. The lowest BCUT2D eigenvalue weighted by atomic mass is 9.83. The maximum Gasteiger partial charge on any atom is 0.0238 e. The van der Waals surface area contributed by atoms with E-state index in [1.165, 1.54) is 37.1 Å². The lowest BCUT2D eigenvalue weighted by molar-refractivity contribution is 0.242. The monoisotopic (exact) mass is 284 g/mol. The summed E-state index contributed by atoms with van der Waals surface area (Å²) in [4.78, 5) is 2.60. The van der Waals surface area contributed by atoms with Crippen molar-refractivity contribution in [1.29, 1.82) is 0 Å². The van der Waals surface area contributed by atoms with Crippen molar-refractivity contribution in [3.8, 4) is 0 Å². The highest BCUT2D eigenvalue weighted by Crippen LogP contribution is 2.30. The molecule has 0 amide bonds. The zero-order valence-corrected chi connectivity index (χ0v) is 13.7. The molecule has 21 heavy (non-hydrogen) atoms. The molecule has 2 aliphatic heterocycles. The second kappa shape index (κ2) is 5.94. The molecular formula is C19H28N2. The van der Waals surface area contributed by atoms with E-state index >= 15 is 0 Å². The van der Waals surface area contributed by atoms with Crippen molar-refractivity contribution in [2.24, 2.45) is 5.41 Å². The molecule has 0 spiro atoms. The van der Waals surface area contributed by atoms with Gasteiger partial charge in [-0.05, 0) is 29.4 Å². The van der Waals surface area contributed by atoms with E-state index in [1.54, 1.807) is 5.57 Å². The average Bonchev–Trinajstić information content (AvgIpc) is 2.47. The van der Waals surface area contributed by atoms with Gasteiger partial charge in [-0.1, -0.05) is 56.7 Å². The number of benzene rings is 1. The predicted molar refractivity (Wildman–Crippen MR) is 89.4 cm³/mol. The summed E-state index contributed by atoms with van der Waals surface area (Å²) in [6, 6.07) is 9.45. The first-order valence-corrected chi connectivity index (χ1v) is 8.24. The standard InChI is InChI=1S/C19H28N2/c1-19(2,3)17-8-10-21(11-9-17)14-18-12-15-6-4-5-7-16(15)13-20-18/h4-8,18,20H,9-14H2,1-3H3. The molecule has 1 N–H and O–H groups in total. The van der Waals surface area contributed by atoms with Crippen LogP contribution in [0, 0.1) is 5.41 Å². The maximum atomic E-state index is 3.70. The second-order valence-corrected chi connectivity index (χ2v) is 7.54. The Morgan fingerprint density at radius 1 is 1.19 bits per heavy atom. The van der Waals surface area contributed by atoms with Crippen molar-refractivity contribution in [1.82, 2.24) is 10.2 Å². The largest absolute Gasteiger partial charge is 0.308 e. The van der Waals surface area contributed by atoms with Crippen LogP contribution in [0.15, 0.2) is 35.9 Å². The van der Waals surface area contributed by atoms with Gasteiger partial charge in [-0.3, -0.25) is 4.90 Å². The van der Waals surface area contributed by atoms with Crippen molar-refractivity contribution in [3.63, 3.8) is 0 Å². The minimum Gasteiger partial charge on any atom is -0.308 e. The van der Waals surface area contributed by atoms with E-state index in [1.807, 2.05) is 0 Å². The zero-order valence-electron chi connectivity index (χ0n) is 13.7. The molecule has 3 rings (SSSR count). The lowest BCUT2D eigenvalue weighted by Crippen LogP contribution is -2.46. The van der Waals surface area contributed by atoms with Gasteiger partial charge in [0.25, 0.3) is 0 Å². The summed E-state index contributed by atoms with van der Waals surface area (Å²) in [7, 11) is 0. The van der Waals surface area contributed by atoms with Gasteiger partial charge >= 0.3 is 0 Å². The molecule has 1 aromatic carbocycles. The molecule has 1 aromatic rings. The van der Waals surface area contributed by atoms with Crippen LogP contribution in [-0.4, -0.2) is 30.6 Å². The fraction of sp³-hybridized carbons (Fsp3) is 0.579. The van der Waals surface area contributed by atoms with Crippen LogP contribution < -0.4 is 5.32 Å². The Morgan fingerprint density at radius 2 is 1.95 bits per heavy atom. The fourth-order valence-electron chi connectivity index (χ4n) is 3.52. The van der Waals surface area contributed by atoms with Crippen molar-refractivity contribution in [3.05, 3.63) is 47.0 Å². The highest BCUT2D eigenvalue weighted by molar-refractivity contribution is 5.30. The summed E-state index contributed by atoms with van der Waals surface area (Å²) in [5.74, 6) is 0. The molecule has 0 saturated heterocycles. The molecule has 0 saturated carbocycles. The summed E-state index contributed by atoms with van der Waals surface area (Å²) in [6.07, 6.45) is 4.86. The van der Waals surface area contributed by atoms with Gasteiger partial charge < -0.3 is 5.32 Å². The molecule has 0 bridgehead atoms. The number of rotatable bonds is 2. The van der Waals surface area contributed by atoms with Gasteiger partial charge in [0.15, 0.2) is 0 Å². The van der Waals surface area contributed by atoms with E-state index in [-0.39, 0.29) is 0 Å². The molecule has 0 fully saturated rings. The summed E-state index contributed by atoms with van der Waals surface area (Å²) in [5, 5.41) is 3.70. The molecule has 114 valence electrons. The normalized spacial score (nSPS) is 23.6. The first-order chi connectivity index (χ1) is 10.0. The Kier molecular flexibility index (Phi) is 4.19. The number of hydrogen-bond acceptors (Lipinski definition) is 2. The highest BCUT2D eigenvalue weighted by atomic mass is 15.1. The SMILES string of the molecule is CC(C)(C)C1=CCN(CC2Cc3ccccc3CN2)CC1. The average molecular weight is 284 g/mol. The predicted octanol–water partition coefficient (Wildman–Crippen LogP) is 3.38. The first-order valence-electron chi connectivity index (χ1n) is 8.24. The van der Waals surface area contributed by atoms with Gasteiger partial charge in [0.05, 0.1) is 0 Å². The Bertz CT molecular complexity index is 525. The third-order valence-electron chi connectivity index (χ3n) is 4.90. The summed E-state index contributed by atoms with van der Waals surface area (Å²) in [6.45, 7) is 11.5. The molecule has 2 heterocycles. The van der Waals surface area contributed by atoms with Crippen LogP contribution in [0.3, 0.4) is 0 Å². The number of hydrogen-bond donors (Lipinski definition) is 1. The van der Waals surface area contributed by atoms with Crippen molar-refractivity contribution >= 4 is 0 Å². The number of nitrogens with one attached hydrogen (secondary N) is 1. The van der Waals surface area contributed by atoms with E-state index in [0.717, 1.165) is 13.1 Å². The second-order valence-electron chi connectivity index (χ2n) is 7.54. The highest BCUT2D eigenvalue weighted by Gasteiger charge is 2.24. The molecule has 0 aromatic heterocycles. The molecule has 2 heteroatoms. The van der Waals surface area contributed by atoms with Gasteiger partial charge in [0.2, 0.25) is 0 Å². The van der Waals surface area contributed by atoms with Crippen LogP contribution >= 0.6 is 0 Å². The first kappa shape index (κ1) is 14.8. The summed E-state index contributed by atoms with van der Waals surface area (Å²) < 4.78 is 0. The summed E-state index contributed by atoms with van der Waals surface area (Å²) in [5.41, 5.74) is 4.97. The number of fused-ring (bicyclic) bond motifs is 1. The van der Waals surface area contributed by atoms with Gasteiger partial charge in [0.1, 0.15) is 0 Å². The Balaban J connectivity index is 1.56. The van der Waals surface area contributed by atoms with Crippen LogP contribution in [-0.2, 0) is 13.0 Å². The van der Waals surface area contributed by atoms with E-state index in [9.17, 15) is 0 Å². The van der Waals surface area contributed by atoms with Gasteiger partial charge in [-0.2, -0.15) is 0 Å². The Morgan fingerprint density at radius 3 is 2.62 bits per heavy atom. The molecular weight excluding hydrogens is 256 g/mol. The van der Waals surface area contributed by atoms with Crippen molar-refractivity contribution < 1.29 is 0 Å². The zero-order chi connectivity index (χ0) is 14.9. The van der Waals surface area contributed by atoms with E-state index in [4.69, 9.17) is 0 Å². The van der Waals surface area contributed by atoms with Gasteiger partial charge in [0, 0.05) is 32.2 Å². The molecule has 0 radical (unpaired) electrons. The third kappa shape index (κ3) is 3.56. The molecule has 2 nitrogen and oxygen atoms in total. The number of nitrogens with zero attached hydrogens (tertiary/aromatic N) is 1. The minimum atomic E-state index is 0.341. The quantitative estimate of drug-likeness (QED) is 0.838. The van der Waals surface area contributed by atoms with Gasteiger partial charge in [-0.25, -0.2) is 0 Å². The van der Waals surface area contributed by atoms with Crippen LogP contribution in [0.4, 0.5) is 0 Å². The molecule has 1 unspecified atom stereocenters. The van der Waals surface area contributed by atoms with Crippen LogP contribution in [0.5, 0.6) is 0 Å². The van der Waals surface area contributed by atoms with Crippen molar-refractivity contribution in [2.75, 3.05) is 19.6 Å². The maximum absolute atomic E-state index is 3.70. The molecule has 0 aliphatic carbocycles. The molecule has 1 atom stereocenters. The van der Waals surface area contributed by atoms with Gasteiger partial charge in [-0.15, -0.1) is 0 Å². The summed E-state index contributed by atoms with van der Waals surface area (Å²) >= 11 is 0. The van der Waals surface area contributed by atoms with Crippen molar-refractivity contribution in [2.45, 2.75) is 46.2 Å². The van der Waals surface area contributed by atoms with E-state index in [0.29, 0.717) is 11.5 Å². The van der Waals surface area contributed by atoms with E-state index < -0.39 is 0 Å². The van der Waals surface area contributed by atoms with Crippen LogP contribution in [0.2, 0.25) is 0 Å². The van der Waals surface area contributed by atoms with Crippen LogP contribution in [0.25, 0.3) is 0 Å². The Labute approximate surface area is 129 Å². The fourth-order valence-corrected chi connectivity index (χ4v) is 3.52. The Hall–Kier alpha value is -1.12. The van der Waals surface area contributed by atoms with Crippen LogP contribution in [0.1, 0.15) is 38.3 Å². The lowest BCUT2D eigenvalue weighted by Gasteiger charge is -2.35. The molecule has 2 aliphatic rings.